The largest absolute Gasteiger partial charge is 0.392 e. The predicted octanol–water partition coefficient (Wildman–Crippen LogP) is 1.43. The molecule has 2 aromatic rings. The molecule has 0 atom stereocenters. The molecular formula is C19H27N5O2. The summed E-state index contributed by atoms with van der Waals surface area (Å²) in [6.07, 6.45) is 3.75. The van der Waals surface area contributed by atoms with Gasteiger partial charge in [0.15, 0.2) is 0 Å². The fraction of sp³-hybridized carbons (Fsp3) is 0.526. The molecule has 0 bridgehead atoms. The lowest BCUT2D eigenvalue weighted by Gasteiger charge is -2.34. The highest BCUT2D eigenvalue weighted by Crippen LogP contribution is 2.17. The van der Waals surface area contributed by atoms with Gasteiger partial charge in [-0.1, -0.05) is 29.5 Å². The van der Waals surface area contributed by atoms with Crippen molar-refractivity contribution < 1.29 is 9.90 Å². The fourth-order valence-electron chi connectivity index (χ4n) is 3.27. The Kier molecular flexibility index (Phi) is 6.00. The Bertz CT molecular complexity index is 718. The number of carbonyl (C=O) groups excluding carboxylic acids is 1. The van der Waals surface area contributed by atoms with Crippen LogP contribution in [-0.4, -0.2) is 56.1 Å². The number of benzene rings is 1. The first-order chi connectivity index (χ1) is 12.5. The Morgan fingerprint density at radius 1 is 1.27 bits per heavy atom. The van der Waals surface area contributed by atoms with Gasteiger partial charge >= 0.3 is 0 Å². The van der Waals surface area contributed by atoms with Crippen molar-refractivity contribution in [2.24, 2.45) is 0 Å². The Morgan fingerprint density at radius 2 is 1.96 bits per heavy atom. The molecule has 1 aliphatic heterocycles. The zero-order valence-electron chi connectivity index (χ0n) is 15.4. The van der Waals surface area contributed by atoms with Crippen LogP contribution in [0.5, 0.6) is 0 Å². The lowest BCUT2D eigenvalue weighted by atomic mass is 10.0. The van der Waals surface area contributed by atoms with Crippen molar-refractivity contribution in [3.63, 3.8) is 0 Å². The third-order valence-electron chi connectivity index (χ3n) is 4.90. The van der Waals surface area contributed by atoms with E-state index in [4.69, 9.17) is 5.11 Å². The van der Waals surface area contributed by atoms with E-state index in [0.29, 0.717) is 11.7 Å². The van der Waals surface area contributed by atoms with Crippen molar-refractivity contribution in [1.29, 1.82) is 0 Å². The average Bonchev–Trinajstić information content (AvgIpc) is 3.10. The maximum absolute atomic E-state index is 12.3. The van der Waals surface area contributed by atoms with Gasteiger partial charge in [0.1, 0.15) is 12.2 Å². The van der Waals surface area contributed by atoms with E-state index >= 15 is 0 Å². The van der Waals surface area contributed by atoms with E-state index < -0.39 is 0 Å². The Labute approximate surface area is 154 Å². The molecule has 26 heavy (non-hydrogen) atoms. The van der Waals surface area contributed by atoms with Gasteiger partial charge in [0.2, 0.25) is 5.91 Å². The van der Waals surface area contributed by atoms with Crippen LogP contribution >= 0.6 is 0 Å². The first kappa shape index (κ1) is 18.5. The van der Waals surface area contributed by atoms with Crippen LogP contribution in [0.3, 0.4) is 0 Å². The second kappa shape index (κ2) is 8.42. The molecule has 1 aliphatic rings. The second-order valence-corrected chi connectivity index (χ2v) is 7.13. The lowest BCUT2D eigenvalue weighted by Crippen LogP contribution is -2.47. The second-order valence-electron chi connectivity index (χ2n) is 7.13. The number of aromatic nitrogens is 3. The summed E-state index contributed by atoms with van der Waals surface area (Å²) in [5.41, 5.74) is 2.48. The number of likely N-dealkylation sites (tertiary alicyclic amines) is 1. The first-order valence-electron chi connectivity index (χ1n) is 9.19. The quantitative estimate of drug-likeness (QED) is 0.817. The lowest BCUT2D eigenvalue weighted by molar-refractivity contribution is -0.122. The molecule has 0 spiro atoms. The van der Waals surface area contributed by atoms with Gasteiger partial charge in [0, 0.05) is 30.7 Å². The third kappa shape index (κ3) is 4.68. The monoisotopic (exact) mass is 357 g/mol. The number of rotatable bonds is 6. The van der Waals surface area contributed by atoms with Crippen LogP contribution in [0.2, 0.25) is 0 Å². The van der Waals surface area contributed by atoms with Gasteiger partial charge in [-0.15, -0.1) is 5.10 Å². The minimum atomic E-state index is -0.0277. The molecular weight excluding hydrogens is 330 g/mol. The van der Waals surface area contributed by atoms with Gasteiger partial charge in [-0.05, 0) is 32.3 Å². The Morgan fingerprint density at radius 3 is 2.58 bits per heavy atom. The SMILES string of the molecule is CC(C)N1CCC(NC(=O)Cn2cc(-c3ccc(CO)cc3)nn2)CC1. The summed E-state index contributed by atoms with van der Waals surface area (Å²) in [6.45, 7) is 6.66. The van der Waals surface area contributed by atoms with Gasteiger partial charge < -0.3 is 15.3 Å². The summed E-state index contributed by atoms with van der Waals surface area (Å²) in [4.78, 5) is 14.7. The van der Waals surface area contributed by atoms with Gasteiger partial charge in [0.05, 0.1) is 12.8 Å². The van der Waals surface area contributed by atoms with Gasteiger partial charge in [-0.3, -0.25) is 4.79 Å². The Balaban J connectivity index is 1.51. The fourth-order valence-corrected chi connectivity index (χ4v) is 3.27. The van der Waals surface area contributed by atoms with Crippen molar-refractivity contribution >= 4 is 5.91 Å². The summed E-state index contributed by atoms with van der Waals surface area (Å²) in [7, 11) is 0. The zero-order chi connectivity index (χ0) is 18.5. The standard InChI is InChI=1S/C19H27N5O2/c1-14(2)23-9-7-17(8-10-23)20-19(26)12-24-11-18(21-22-24)16-5-3-15(13-25)4-6-16/h3-6,11,14,17,25H,7-10,12-13H2,1-2H3,(H,20,26). The van der Waals surface area contributed by atoms with Crippen molar-refractivity contribution in [2.75, 3.05) is 13.1 Å². The molecule has 7 nitrogen and oxygen atoms in total. The van der Waals surface area contributed by atoms with Crippen molar-refractivity contribution in [2.45, 2.75) is 51.9 Å². The van der Waals surface area contributed by atoms with Crippen molar-refractivity contribution in [3.05, 3.63) is 36.0 Å². The molecule has 0 aliphatic carbocycles. The number of nitrogens with zero attached hydrogens (tertiary/aromatic N) is 4. The van der Waals surface area contributed by atoms with Gasteiger partial charge in [0.25, 0.3) is 0 Å². The number of nitrogens with one attached hydrogen (secondary N) is 1. The summed E-state index contributed by atoms with van der Waals surface area (Å²) in [5, 5.41) is 20.4. The molecule has 7 heteroatoms. The molecule has 2 heterocycles. The maximum atomic E-state index is 12.3. The molecule has 0 radical (unpaired) electrons. The molecule has 140 valence electrons. The molecule has 1 amide bonds. The highest BCUT2D eigenvalue weighted by molar-refractivity contribution is 5.76. The normalized spacial score (nSPS) is 16.2. The molecule has 1 fully saturated rings. The van der Waals surface area contributed by atoms with Crippen LogP contribution in [0.4, 0.5) is 0 Å². The van der Waals surface area contributed by atoms with Crippen LogP contribution in [0.15, 0.2) is 30.5 Å². The van der Waals surface area contributed by atoms with Crippen molar-refractivity contribution in [3.8, 4) is 11.3 Å². The Hall–Kier alpha value is -2.25. The van der Waals surface area contributed by atoms with Crippen LogP contribution < -0.4 is 5.32 Å². The van der Waals surface area contributed by atoms with E-state index in [1.165, 1.54) is 0 Å². The summed E-state index contributed by atoms with van der Waals surface area (Å²) in [5.74, 6) is -0.0277. The van der Waals surface area contributed by atoms with E-state index in [1.54, 1.807) is 10.9 Å². The van der Waals surface area contributed by atoms with Gasteiger partial charge in [-0.25, -0.2) is 4.68 Å². The molecule has 1 saturated heterocycles. The number of aliphatic hydroxyl groups is 1. The molecule has 0 unspecified atom stereocenters. The maximum Gasteiger partial charge on any atom is 0.242 e. The number of carbonyl (C=O) groups is 1. The molecule has 0 saturated carbocycles. The molecule has 1 aromatic heterocycles. The summed E-state index contributed by atoms with van der Waals surface area (Å²) in [6, 6.07) is 8.29. The van der Waals surface area contributed by atoms with Crippen LogP contribution in [0.25, 0.3) is 11.3 Å². The third-order valence-corrected chi connectivity index (χ3v) is 4.90. The van der Waals surface area contributed by atoms with Crippen LogP contribution in [0, 0.1) is 0 Å². The smallest absolute Gasteiger partial charge is 0.242 e. The first-order valence-corrected chi connectivity index (χ1v) is 9.19. The summed E-state index contributed by atoms with van der Waals surface area (Å²) >= 11 is 0. The van der Waals surface area contributed by atoms with E-state index in [1.807, 2.05) is 24.3 Å². The van der Waals surface area contributed by atoms with Gasteiger partial charge in [-0.2, -0.15) is 0 Å². The van der Waals surface area contributed by atoms with Crippen LogP contribution in [-0.2, 0) is 17.9 Å². The predicted molar refractivity (Wildman–Crippen MR) is 99.3 cm³/mol. The molecule has 1 aromatic carbocycles. The summed E-state index contributed by atoms with van der Waals surface area (Å²) < 4.78 is 1.56. The molecule has 3 rings (SSSR count). The number of aliphatic hydroxyl groups excluding tert-OH is 1. The van der Waals surface area contributed by atoms with E-state index in [0.717, 1.165) is 37.1 Å². The number of amides is 1. The minimum absolute atomic E-state index is 0.0171. The average molecular weight is 357 g/mol. The number of piperidine rings is 1. The topological polar surface area (TPSA) is 83.3 Å². The van der Waals surface area contributed by atoms with E-state index in [2.05, 4.69) is 34.4 Å². The van der Waals surface area contributed by atoms with Crippen molar-refractivity contribution in [1.82, 2.24) is 25.2 Å². The zero-order valence-corrected chi connectivity index (χ0v) is 15.4. The van der Waals surface area contributed by atoms with E-state index in [-0.39, 0.29) is 25.1 Å². The number of hydrogen-bond acceptors (Lipinski definition) is 5. The number of hydrogen-bond donors (Lipinski definition) is 2. The highest BCUT2D eigenvalue weighted by atomic mass is 16.3. The van der Waals surface area contributed by atoms with Crippen LogP contribution in [0.1, 0.15) is 32.3 Å². The van der Waals surface area contributed by atoms with E-state index in [9.17, 15) is 4.79 Å². The minimum Gasteiger partial charge on any atom is -0.392 e. The highest BCUT2D eigenvalue weighted by Gasteiger charge is 2.22. The molecule has 2 N–H and O–H groups in total.